The lowest BCUT2D eigenvalue weighted by molar-refractivity contribution is 0.116. The summed E-state index contributed by atoms with van der Waals surface area (Å²) in [5, 5.41) is 3.34. The second kappa shape index (κ2) is 6.02. The number of benzene rings is 1. The van der Waals surface area contributed by atoms with Gasteiger partial charge in [0.1, 0.15) is 0 Å². The first kappa shape index (κ1) is 11.6. The fourth-order valence-corrected chi connectivity index (χ4v) is 2.18. The molecule has 0 saturated heterocycles. The van der Waals surface area contributed by atoms with Gasteiger partial charge in [0.2, 0.25) is 0 Å². The molecule has 1 atom stereocenters. The molecule has 1 aliphatic rings. The summed E-state index contributed by atoms with van der Waals surface area (Å²) in [4.78, 5) is 0. The monoisotopic (exact) mass is 219 g/mol. The molecule has 1 aliphatic carbocycles. The molecule has 1 aromatic carbocycles. The van der Waals surface area contributed by atoms with Crippen molar-refractivity contribution in [3.63, 3.8) is 0 Å². The van der Waals surface area contributed by atoms with Crippen molar-refractivity contribution in [2.45, 2.75) is 25.7 Å². The average Bonchev–Trinajstić information content (AvgIpc) is 2.28. The van der Waals surface area contributed by atoms with Crippen LogP contribution in [0.5, 0.6) is 0 Å². The molecule has 2 rings (SSSR count). The van der Waals surface area contributed by atoms with E-state index in [-0.39, 0.29) is 0 Å². The molecule has 2 heteroatoms. The Morgan fingerprint density at radius 2 is 2.19 bits per heavy atom. The first-order chi connectivity index (χ1) is 7.92. The van der Waals surface area contributed by atoms with Crippen molar-refractivity contribution in [2.75, 3.05) is 26.3 Å². The lowest BCUT2D eigenvalue weighted by atomic mass is 9.78. The molecule has 88 valence electrons. The van der Waals surface area contributed by atoms with Gasteiger partial charge >= 0.3 is 0 Å². The van der Waals surface area contributed by atoms with Crippen LogP contribution in [0.3, 0.4) is 0 Å². The van der Waals surface area contributed by atoms with Crippen LogP contribution in [0.25, 0.3) is 0 Å². The van der Waals surface area contributed by atoms with Crippen molar-refractivity contribution in [1.82, 2.24) is 5.32 Å². The van der Waals surface area contributed by atoms with E-state index in [9.17, 15) is 0 Å². The van der Waals surface area contributed by atoms with E-state index < -0.39 is 0 Å². The minimum Gasteiger partial charge on any atom is -0.379 e. The Morgan fingerprint density at radius 3 is 3.00 bits per heavy atom. The average molecular weight is 219 g/mol. The van der Waals surface area contributed by atoms with Gasteiger partial charge in [-0.3, -0.25) is 0 Å². The van der Waals surface area contributed by atoms with E-state index in [4.69, 9.17) is 4.74 Å². The third-order valence-electron chi connectivity index (χ3n) is 3.13. The van der Waals surface area contributed by atoms with Crippen molar-refractivity contribution >= 4 is 0 Å². The van der Waals surface area contributed by atoms with Crippen molar-refractivity contribution < 1.29 is 4.74 Å². The van der Waals surface area contributed by atoms with E-state index in [1.807, 2.05) is 0 Å². The van der Waals surface area contributed by atoms with Crippen LogP contribution >= 0.6 is 0 Å². The minimum atomic E-state index is 0.641. The van der Waals surface area contributed by atoms with Crippen molar-refractivity contribution in [2.24, 2.45) is 0 Å². The van der Waals surface area contributed by atoms with Gasteiger partial charge in [0.15, 0.2) is 0 Å². The van der Waals surface area contributed by atoms with Crippen LogP contribution in [0.4, 0.5) is 0 Å². The summed E-state index contributed by atoms with van der Waals surface area (Å²) < 4.78 is 5.68. The number of ether oxygens (including phenoxy) is 1. The number of hydrogen-bond donors (Lipinski definition) is 1. The first-order valence-corrected chi connectivity index (χ1v) is 6.28. The molecule has 1 aromatic rings. The van der Waals surface area contributed by atoms with Gasteiger partial charge in [0.25, 0.3) is 0 Å². The summed E-state index contributed by atoms with van der Waals surface area (Å²) in [5.41, 5.74) is 2.99. The Labute approximate surface area is 98.0 Å². The normalized spacial score (nSPS) is 17.9. The fourth-order valence-electron chi connectivity index (χ4n) is 2.18. The standard InChI is InChI=1S/C14H21NO/c1-2-7-15-8-9-16-11-13-10-12-5-3-4-6-14(12)13/h3-6,13,15H,2,7-11H2,1H3. The molecule has 0 bridgehead atoms. The predicted molar refractivity (Wildman–Crippen MR) is 66.9 cm³/mol. The maximum Gasteiger partial charge on any atom is 0.0591 e. The molecule has 16 heavy (non-hydrogen) atoms. The molecule has 0 amide bonds. The molecule has 0 spiro atoms. The van der Waals surface area contributed by atoms with Gasteiger partial charge in [0.05, 0.1) is 13.2 Å². The number of nitrogens with one attached hydrogen (secondary N) is 1. The number of rotatable bonds is 7. The predicted octanol–water partition coefficient (Wildman–Crippen LogP) is 2.34. The molecule has 0 aliphatic heterocycles. The Balaban J connectivity index is 1.59. The van der Waals surface area contributed by atoms with Gasteiger partial charge in [-0.1, -0.05) is 31.2 Å². The molecule has 1 unspecified atom stereocenters. The molecular weight excluding hydrogens is 198 g/mol. The molecule has 0 fully saturated rings. The van der Waals surface area contributed by atoms with E-state index in [1.54, 1.807) is 0 Å². The Morgan fingerprint density at radius 1 is 1.31 bits per heavy atom. The van der Waals surface area contributed by atoms with Gasteiger partial charge in [0, 0.05) is 12.5 Å². The van der Waals surface area contributed by atoms with Gasteiger partial charge in [-0.15, -0.1) is 0 Å². The zero-order chi connectivity index (χ0) is 11.2. The molecule has 0 heterocycles. The van der Waals surface area contributed by atoms with Crippen molar-refractivity contribution in [1.29, 1.82) is 0 Å². The Hall–Kier alpha value is -0.860. The van der Waals surface area contributed by atoms with Crippen LogP contribution < -0.4 is 5.32 Å². The van der Waals surface area contributed by atoms with E-state index in [2.05, 4.69) is 36.5 Å². The van der Waals surface area contributed by atoms with E-state index in [0.717, 1.165) is 26.3 Å². The van der Waals surface area contributed by atoms with Gasteiger partial charge in [-0.2, -0.15) is 0 Å². The van der Waals surface area contributed by atoms with Crippen LogP contribution in [-0.2, 0) is 11.2 Å². The summed E-state index contributed by atoms with van der Waals surface area (Å²) in [7, 11) is 0. The Bertz CT molecular complexity index is 324. The summed E-state index contributed by atoms with van der Waals surface area (Å²) in [6, 6.07) is 8.68. The molecular formula is C14H21NO. The van der Waals surface area contributed by atoms with E-state index in [0.29, 0.717) is 5.92 Å². The van der Waals surface area contributed by atoms with E-state index in [1.165, 1.54) is 24.0 Å². The molecule has 1 N–H and O–H groups in total. The SMILES string of the molecule is CCCNCCOCC1Cc2ccccc21. The summed E-state index contributed by atoms with van der Waals surface area (Å²) >= 11 is 0. The van der Waals surface area contributed by atoms with Crippen LogP contribution in [-0.4, -0.2) is 26.3 Å². The molecule has 2 nitrogen and oxygen atoms in total. The van der Waals surface area contributed by atoms with Crippen molar-refractivity contribution in [3.8, 4) is 0 Å². The van der Waals surface area contributed by atoms with Gasteiger partial charge < -0.3 is 10.1 Å². The highest BCUT2D eigenvalue weighted by Crippen LogP contribution is 2.34. The highest BCUT2D eigenvalue weighted by Gasteiger charge is 2.24. The summed E-state index contributed by atoms with van der Waals surface area (Å²) in [6.45, 7) is 5.96. The second-order valence-corrected chi connectivity index (χ2v) is 4.42. The summed E-state index contributed by atoms with van der Waals surface area (Å²) in [5.74, 6) is 0.641. The largest absolute Gasteiger partial charge is 0.379 e. The zero-order valence-corrected chi connectivity index (χ0v) is 10.0. The van der Waals surface area contributed by atoms with Crippen LogP contribution in [0, 0.1) is 0 Å². The second-order valence-electron chi connectivity index (χ2n) is 4.42. The maximum absolute atomic E-state index is 5.68. The quantitative estimate of drug-likeness (QED) is 0.711. The molecule has 0 radical (unpaired) electrons. The highest BCUT2D eigenvalue weighted by molar-refractivity contribution is 5.39. The topological polar surface area (TPSA) is 21.3 Å². The molecule has 0 aromatic heterocycles. The van der Waals surface area contributed by atoms with Crippen LogP contribution in [0.15, 0.2) is 24.3 Å². The third-order valence-corrected chi connectivity index (χ3v) is 3.13. The fraction of sp³-hybridized carbons (Fsp3) is 0.571. The number of fused-ring (bicyclic) bond motifs is 1. The van der Waals surface area contributed by atoms with Crippen molar-refractivity contribution in [3.05, 3.63) is 35.4 Å². The van der Waals surface area contributed by atoms with Gasteiger partial charge in [-0.25, -0.2) is 0 Å². The van der Waals surface area contributed by atoms with E-state index >= 15 is 0 Å². The lowest BCUT2D eigenvalue weighted by Gasteiger charge is -2.29. The molecule has 0 saturated carbocycles. The maximum atomic E-state index is 5.68. The Kier molecular flexibility index (Phi) is 4.37. The lowest BCUT2D eigenvalue weighted by Crippen LogP contribution is -2.25. The first-order valence-electron chi connectivity index (χ1n) is 6.28. The third kappa shape index (κ3) is 2.83. The highest BCUT2D eigenvalue weighted by atomic mass is 16.5. The number of hydrogen-bond acceptors (Lipinski definition) is 2. The van der Waals surface area contributed by atoms with Gasteiger partial charge in [-0.05, 0) is 30.5 Å². The minimum absolute atomic E-state index is 0.641. The smallest absolute Gasteiger partial charge is 0.0591 e. The summed E-state index contributed by atoms with van der Waals surface area (Å²) in [6.07, 6.45) is 2.38. The van der Waals surface area contributed by atoms with Crippen LogP contribution in [0.2, 0.25) is 0 Å². The van der Waals surface area contributed by atoms with Crippen LogP contribution in [0.1, 0.15) is 30.4 Å². The zero-order valence-electron chi connectivity index (χ0n) is 10.0.